The lowest BCUT2D eigenvalue weighted by atomic mass is 10.0. The number of benzene rings is 2. The SMILES string of the molecule is COc1ccc(CN(C)CC(=O)Nc2ccc(C(C)C)cc2)cc1F. The summed E-state index contributed by atoms with van der Waals surface area (Å²) < 4.78 is 18.6. The first-order valence-corrected chi connectivity index (χ1v) is 8.30. The maximum Gasteiger partial charge on any atom is 0.238 e. The number of carbonyl (C=O) groups excluding carboxylic acids is 1. The highest BCUT2D eigenvalue weighted by atomic mass is 19.1. The van der Waals surface area contributed by atoms with Crippen molar-refractivity contribution in [1.82, 2.24) is 4.90 Å². The van der Waals surface area contributed by atoms with E-state index in [4.69, 9.17) is 4.74 Å². The van der Waals surface area contributed by atoms with Crippen LogP contribution in [-0.4, -0.2) is 31.5 Å². The summed E-state index contributed by atoms with van der Waals surface area (Å²) in [5.74, 6) is 0.173. The fourth-order valence-corrected chi connectivity index (χ4v) is 2.57. The summed E-state index contributed by atoms with van der Waals surface area (Å²) in [7, 11) is 3.26. The molecule has 0 spiro atoms. The summed E-state index contributed by atoms with van der Waals surface area (Å²) in [5, 5.41) is 2.88. The number of carbonyl (C=O) groups is 1. The first-order chi connectivity index (χ1) is 11.9. The Kier molecular flexibility index (Phi) is 6.53. The minimum absolute atomic E-state index is 0.103. The molecule has 1 N–H and O–H groups in total. The predicted octanol–water partition coefficient (Wildman–Crippen LogP) is 4.03. The fraction of sp³-hybridized carbons (Fsp3) is 0.350. The molecule has 4 nitrogen and oxygen atoms in total. The minimum Gasteiger partial charge on any atom is -0.494 e. The van der Waals surface area contributed by atoms with Crippen molar-refractivity contribution in [3.05, 3.63) is 59.4 Å². The molecule has 0 aliphatic carbocycles. The van der Waals surface area contributed by atoms with Gasteiger partial charge in [-0.3, -0.25) is 9.69 Å². The molecule has 2 rings (SSSR count). The Morgan fingerprint density at radius 3 is 2.44 bits per heavy atom. The molecule has 0 saturated carbocycles. The van der Waals surface area contributed by atoms with Gasteiger partial charge in [-0.2, -0.15) is 0 Å². The molecule has 0 fully saturated rings. The van der Waals surface area contributed by atoms with Crippen LogP contribution in [0.1, 0.15) is 30.9 Å². The van der Waals surface area contributed by atoms with Crippen LogP contribution in [0, 0.1) is 5.82 Å². The number of nitrogens with zero attached hydrogens (tertiary/aromatic N) is 1. The molecule has 134 valence electrons. The smallest absolute Gasteiger partial charge is 0.238 e. The van der Waals surface area contributed by atoms with Crippen LogP contribution in [0.2, 0.25) is 0 Å². The molecule has 0 bridgehead atoms. The van der Waals surface area contributed by atoms with Crippen LogP contribution in [0.5, 0.6) is 5.75 Å². The van der Waals surface area contributed by atoms with Crippen LogP contribution in [0.3, 0.4) is 0 Å². The maximum atomic E-state index is 13.7. The number of rotatable bonds is 7. The third-order valence-corrected chi connectivity index (χ3v) is 3.94. The van der Waals surface area contributed by atoms with Gasteiger partial charge in [-0.15, -0.1) is 0 Å². The monoisotopic (exact) mass is 344 g/mol. The van der Waals surface area contributed by atoms with Gasteiger partial charge in [0.1, 0.15) is 0 Å². The van der Waals surface area contributed by atoms with Crippen LogP contribution in [0.4, 0.5) is 10.1 Å². The summed E-state index contributed by atoms with van der Waals surface area (Å²) in [6.45, 7) is 4.95. The van der Waals surface area contributed by atoms with E-state index >= 15 is 0 Å². The topological polar surface area (TPSA) is 41.6 Å². The van der Waals surface area contributed by atoms with Gasteiger partial charge in [-0.25, -0.2) is 4.39 Å². The normalized spacial score (nSPS) is 11.0. The molecule has 0 aliphatic rings. The Balaban J connectivity index is 1.88. The van der Waals surface area contributed by atoms with Gasteiger partial charge in [0.2, 0.25) is 5.91 Å². The molecule has 1 amide bonds. The van der Waals surface area contributed by atoms with Crippen molar-refractivity contribution < 1.29 is 13.9 Å². The van der Waals surface area contributed by atoms with Crippen molar-refractivity contribution in [2.24, 2.45) is 0 Å². The molecule has 2 aromatic carbocycles. The number of hydrogen-bond donors (Lipinski definition) is 1. The Hall–Kier alpha value is -2.40. The molecule has 2 aromatic rings. The number of anilines is 1. The molecule has 0 saturated heterocycles. The van der Waals surface area contributed by atoms with E-state index in [0.717, 1.165) is 11.3 Å². The lowest BCUT2D eigenvalue weighted by Crippen LogP contribution is -2.29. The van der Waals surface area contributed by atoms with Crippen LogP contribution in [0.15, 0.2) is 42.5 Å². The Morgan fingerprint density at radius 1 is 1.20 bits per heavy atom. The van der Waals surface area contributed by atoms with E-state index < -0.39 is 5.82 Å². The van der Waals surface area contributed by atoms with E-state index in [9.17, 15) is 9.18 Å². The molecule has 0 aromatic heterocycles. The molecular weight excluding hydrogens is 319 g/mol. The lowest BCUT2D eigenvalue weighted by molar-refractivity contribution is -0.117. The number of hydrogen-bond acceptors (Lipinski definition) is 3. The van der Waals surface area contributed by atoms with Gasteiger partial charge >= 0.3 is 0 Å². The second-order valence-corrected chi connectivity index (χ2v) is 6.47. The van der Waals surface area contributed by atoms with E-state index in [-0.39, 0.29) is 18.2 Å². The standard InChI is InChI=1S/C20H25FN2O2/c1-14(2)16-6-8-17(9-7-16)22-20(24)13-23(3)12-15-5-10-19(25-4)18(21)11-15/h5-11,14H,12-13H2,1-4H3,(H,22,24). The van der Waals surface area contributed by atoms with Crippen molar-refractivity contribution in [2.45, 2.75) is 26.3 Å². The quantitative estimate of drug-likeness (QED) is 0.824. The number of ether oxygens (including phenoxy) is 1. The zero-order valence-corrected chi connectivity index (χ0v) is 15.2. The van der Waals surface area contributed by atoms with E-state index in [0.29, 0.717) is 12.5 Å². The molecule has 0 radical (unpaired) electrons. The second-order valence-electron chi connectivity index (χ2n) is 6.47. The van der Waals surface area contributed by atoms with E-state index in [1.54, 1.807) is 12.1 Å². The number of methoxy groups -OCH3 is 1. The molecule has 0 aliphatic heterocycles. The predicted molar refractivity (Wildman–Crippen MR) is 98.4 cm³/mol. The van der Waals surface area contributed by atoms with Crippen molar-refractivity contribution in [1.29, 1.82) is 0 Å². The Bertz CT molecular complexity index is 714. The highest BCUT2D eigenvalue weighted by Crippen LogP contribution is 2.19. The van der Waals surface area contributed by atoms with Gasteiger partial charge < -0.3 is 10.1 Å². The third kappa shape index (κ3) is 5.57. The molecule has 0 atom stereocenters. The number of likely N-dealkylation sites (N-methyl/N-ethyl adjacent to an activating group) is 1. The molecule has 0 heterocycles. The van der Waals surface area contributed by atoms with E-state index in [2.05, 4.69) is 19.2 Å². The maximum absolute atomic E-state index is 13.7. The average molecular weight is 344 g/mol. The van der Waals surface area contributed by atoms with E-state index in [1.807, 2.05) is 36.2 Å². The summed E-state index contributed by atoms with van der Waals surface area (Å²) >= 11 is 0. The second kappa shape index (κ2) is 8.62. The van der Waals surface area contributed by atoms with Crippen LogP contribution >= 0.6 is 0 Å². The van der Waals surface area contributed by atoms with Crippen molar-refractivity contribution in [3.8, 4) is 5.75 Å². The largest absolute Gasteiger partial charge is 0.494 e. The van der Waals surface area contributed by atoms with Gasteiger partial charge in [-0.05, 0) is 48.4 Å². The molecule has 0 unspecified atom stereocenters. The summed E-state index contributed by atoms with van der Waals surface area (Å²) in [4.78, 5) is 14.0. The molecule has 5 heteroatoms. The molecule has 25 heavy (non-hydrogen) atoms. The zero-order valence-electron chi connectivity index (χ0n) is 15.2. The summed E-state index contributed by atoms with van der Waals surface area (Å²) in [5.41, 5.74) is 2.80. The lowest BCUT2D eigenvalue weighted by Gasteiger charge is -2.17. The Morgan fingerprint density at radius 2 is 1.88 bits per heavy atom. The van der Waals surface area contributed by atoms with Gasteiger partial charge in [-0.1, -0.05) is 32.0 Å². The summed E-state index contributed by atoms with van der Waals surface area (Å²) in [6.07, 6.45) is 0. The van der Waals surface area contributed by atoms with Crippen LogP contribution in [-0.2, 0) is 11.3 Å². The van der Waals surface area contributed by atoms with Crippen LogP contribution in [0.25, 0.3) is 0 Å². The van der Waals surface area contributed by atoms with Gasteiger partial charge in [0.25, 0.3) is 0 Å². The van der Waals surface area contributed by atoms with Crippen molar-refractivity contribution in [2.75, 3.05) is 26.0 Å². The van der Waals surface area contributed by atoms with Gasteiger partial charge in [0, 0.05) is 12.2 Å². The van der Waals surface area contributed by atoms with Gasteiger partial charge in [0.15, 0.2) is 11.6 Å². The third-order valence-electron chi connectivity index (χ3n) is 3.94. The zero-order chi connectivity index (χ0) is 18.4. The highest BCUT2D eigenvalue weighted by Gasteiger charge is 2.10. The first kappa shape index (κ1) is 18.9. The van der Waals surface area contributed by atoms with Crippen LogP contribution < -0.4 is 10.1 Å². The highest BCUT2D eigenvalue weighted by molar-refractivity contribution is 5.92. The number of amides is 1. The fourth-order valence-electron chi connectivity index (χ4n) is 2.57. The summed E-state index contributed by atoms with van der Waals surface area (Å²) in [6, 6.07) is 12.7. The first-order valence-electron chi connectivity index (χ1n) is 8.30. The van der Waals surface area contributed by atoms with Gasteiger partial charge in [0.05, 0.1) is 13.7 Å². The van der Waals surface area contributed by atoms with E-state index in [1.165, 1.54) is 18.7 Å². The molecular formula is C20H25FN2O2. The minimum atomic E-state index is -0.400. The Labute approximate surface area is 148 Å². The number of nitrogens with one attached hydrogen (secondary N) is 1. The number of halogens is 1. The van der Waals surface area contributed by atoms with Crippen molar-refractivity contribution >= 4 is 11.6 Å². The van der Waals surface area contributed by atoms with Crippen molar-refractivity contribution in [3.63, 3.8) is 0 Å². The average Bonchev–Trinajstić information content (AvgIpc) is 2.55.